The number of esters is 1. The molecule has 4 nitrogen and oxygen atoms in total. The Balaban J connectivity index is 2.27. The minimum Gasteiger partial charge on any atom is -0.461 e. The minimum atomic E-state index is -1.01. The van der Waals surface area contributed by atoms with Gasteiger partial charge in [-0.1, -0.05) is 6.07 Å². The van der Waals surface area contributed by atoms with E-state index in [1.807, 2.05) is 0 Å². The summed E-state index contributed by atoms with van der Waals surface area (Å²) in [5.41, 5.74) is 1.41. The molecule has 0 aliphatic heterocycles. The number of nitrogens with zero attached hydrogens (tertiary/aromatic N) is 1. The molecule has 0 saturated heterocycles. The minimum absolute atomic E-state index is 0.0514. The molecule has 100 valence electrons. The molecule has 1 N–H and O–H groups in total. The summed E-state index contributed by atoms with van der Waals surface area (Å²) in [5.74, 6) is -2.58. The summed E-state index contributed by atoms with van der Waals surface area (Å²) in [5, 5.41) is 2.95. The number of benzene rings is 1. The third-order valence-corrected chi connectivity index (χ3v) is 2.98. The Morgan fingerprint density at radius 3 is 3.00 bits per heavy atom. The highest BCUT2D eigenvalue weighted by Gasteiger charge is 2.17. The number of nitrogens with one attached hydrogen (secondary N) is 1. The molecule has 2 rings (SSSR count). The third kappa shape index (κ3) is 2.87. The fraction of sp³-hybridized carbons (Fsp3) is 0.167. The topological polar surface area (TPSA) is 51.2 Å². The van der Waals surface area contributed by atoms with Crippen molar-refractivity contribution >= 4 is 28.0 Å². The van der Waals surface area contributed by atoms with E-state index in [0.29, 0.717) is 5.00 Å². The molecule has 0 aliphatic carbocycles. The molecular formula is C12H10F2N2O2S. The van der Waals surface area contributed by atoms with Gasteiger partial charge in [0.15, 0.2) is 17.3 Å². The monoisotopic (exact) mass is 284 g/mol. The van der Waals surface area contributed by atoms with Crippen molar-refractivity contribution in [2.24, 2.45) is 0 Å². The summed E-state index contributed by atoms with van der Waals surface area (Å²) in [7, 11) is 0. The van der Waals surface area contributed by atoms with Crippen LogP contribution in [0.2, 0.25) is 0 Å². The van der Waals surface area contributed by atoms with Crippen molar-refractivity contribution in [2.75, 3.05) is 11.9 Å². The quantitative estimate of drug-likeness (QED) is 0.875. The van der Waals surface area contributed by atoms with E-state index in [4.69, 9.17) is 4.74 Å². The predicted molar refractivity (Wildman–Crippen MR) is 67.7 cm³/mol. The van der Waals surface area contributed by atoms with Gasteiger partial charge in [0.25, 0.3) is 0 Å². The van der Waals surface area contributed by atoms with Gasteiger partial charge < -0.3 is 10.1 Å². The lowest BCUT2D eigenvalue weighted by atomic mass is 10.3. The Morgan fingerprint density at radius 1 is 1.47 bits per heavy atom. The zero-order valence-electron chi connectivity index (χ0n) is 9.94. The van der Waals surface area contributed by atoms with Gasteiger partial charge in [0, 0.05) is 0 Å². The summed E-state index contributed by atoms with van der Waals surface area (Å²) in [6.45, 7) is 1.88. The van der Waals surface area contributed by atoms with Gasteiger partial charge in [-0.2, -0.15) is 0 Å². The maximum Gasteiger partial charge on any atom is 0.360 e. The molecule has 0 aliphatic rings. The molecule has 0 fully saturated rings. The molecule has 1 aromatic carbocycles. The van der Waals surface area contributed by atoms with Crippen LogP contribution in [0.15, 0.2) is 23.7 Å². The van der Waals surface area contributed by atoms with E-state index >= 15 is 0 Å². The van der Waals surface area contributed by atoms with Crippen LogP contribution >= 0.6 is 11.3 Å². The number of hydrogen-bond acceptors (Lipinski definition) is 5. The van der Waals surface area contributed by atoms with Crippen LogP contribution in [-0.2, 0) is 4.74 Å². The van der Waals surface area contributed by atoms with Crippen LogP contribution in [0.4, 0.5) is 19.5 Å². The molecule has 0 saturated carbocycles. The first-order valence-corrected chi connectivity index (χ1v) is 6.33. The van der Waals surface area contributed by atoms with E-state index in [0.717, 1.165) is 17.4 Å². The summed E-state index contributed by atoms with van der Waals surface area (Å²) < 4.78 is 31.4. The van der Waals surface area contributed by atoms with Gasteiger partial charge in [-0.3, -0.25) is 0 Å². The highest BCUT2D eigenvalue weighted by molar-refractivity contribution is 7.14. The van der Waals surface area contributed by atoms with Crippen LogP contribution in [0.25, 0.3) is 0 Å². The molecule has 0 unspecified atom stereocenters. The summed E-state index contributed by atoms with van der Waals surface area (Å²) in [4.78, 5) is 15.4. The number of hydrogen-bond donors (Lipinski definition) is 1. The van der Waals surface area contributed by atoms with Gasteiger partial charge in [-0.15, -0.1) is 11.3 Å². The number of ether oxygens (including phenoxy) is 1. The van der Waals surface area contributed by atoms with Gasteiger partial charge in [-0.05, 0) is 19.1 Å². The Kier molecular flexibility index (Phi) is 4.06. The van der Waals surface area contributed by atoms with Gasteiger partial charge in [-0.25, -0.2) is 18.6 Å². The van der Waals surface area contributed by atoms with Crippen molar-refractivity contribution < 1.29 is 18.3 Å². The van der Waals surface area contributed by atoms with Gasteiger partial charge in [0.05, 0.1) is 17.8 Å². The summed E-state index contributed by atoms with van der Waals surface area (Å²) >= 11 is 1.10. The Bertz CT molecular complexity index is 601. The average Bonchev–Trinajstić information content (AvgIpc) is 2.83. The van der Waals surface area contributed by atoms with Crippen LogP contribution in [0.1, 0.15) is 17.4 Å². The predicted octanol–water partition coefficient (Wildman–Crippen LogP) is 3.34. The Labute approximate surface area is 112 Å². The van der Waals surface area contributed by atoms with Crippen LogP contribution in [0, 0.1) is 11.6 Å². The standard InChI is InChI=1S/C12H10F2N2O2S/c1-2-18-12(17)10-11(19-6-15-10)16-8-5-3-4-7(13)9(8)14/h3-6,16H,2H2,1H3. The molecule has 0 bridgehead atoms. The fourth-order valence-electron chi connectivity index (χ4n) is 1.40. The van der Waals surface area contributed by atoms with Crippen molar-refractivity contribution in [3.05, 3.63) is 41.0 Å². The van der Waals surface area contributed by atoms with E-state index in [1.54, 1.807) is 6.92 Å². The van der Waals surface area contributed by atoms with Gasteiger partial charge in [0.1, 0.15) is 5.00 Å². The number of carbonyl (C=O) groups excluding carboxylic acids is 1. The van der Waals surface area contributed by atoms with Crippen molar-refractivity contribution in [3.8, 4) is 0 Å². The maximum atomic E-state index is 13.5. The molecule has 1 heterocycles. The largest absolute Gasteiger partial charge is 0.461 e. The second-order valence-electron chi connectivity index (χ2n) is 3.48. The van der Waals surface area contributed by atoms with E-state index in [1.165, 1.54) is 17.6 Å². The number of aromatic nitrogens is 1. The lowest BCUT2D eigenvalue weighted by Crippen LogP contribution is -2.07. The maximum absolute atomic E-state index is 13.5. The highest BCUT2D eigenvalue weighted by Crippen LogP contribution is 2.27. The van der Waals surface area contributed by atoms with E-state index in [9.17, 15) is 13.6 Å². The molecule has 7 heteroatoms. The average molecular weight is 284 g/mol. The lowest BCUT2D eigenvalue weighted by Gasteiger charge is -2.07. The van der Waals surface area contributed by atoms with Crippen LogP contribution in [-0.4, -0.2) is 17.6 Å². The molecule has 19 heavy (non-hydrogen) atoms. The van der Waals surface area contributed by atoms with Crippen LogP contribution in [0.5, 0.6) is 0 Å². The summed E-state index contributed by atoms with van der Waals surface area (Å²) in [6, 6.07) is 3.75. The molecular weight excluding hydrogens is 274 g/mol. The van der Waals surface area contributed by atoms with Crippen molar-refractivity contribution in [1.82, 2.24) is 4.98 Å². The smallest absolute Gasteiger partial charge is 0.360 e. The summed E-state index contributed by atoms with van der Waals surface area (Å²) in [6.07, 6.45) is 0. The first kappa shape index (κ1) is 13.4. The molecule has 1 aromatic heterocycles. The van der Waals surface area contributed by atoms with Gasteiger partial charge in [0.2, 0.25) is 0 Å². The third-order valence-electron chi connectivity index (χ3n) is 2.24. The second-order valence-corrected chi connectivity index (χ2v) is 4.33. The molecule has 2 aromatic rings. The molecule has 0 amide bonds. The lowest BCUT2D eigenvalue weighted by molar-refractivity contribution is 0.0521. The fourth-order valence-corrected chi connectivity index (χ4v) is 2.08. The van der Waals surface area contributed by atoms with E-state index < -0.39 is 17.6 Å². The van der Waals surface area contributed by atoms with E-state index in [2.05, 4.69) is 10.3 Å². The number of halogens is 2. The normalized spacial score (nSPS) is 10.3. The number of rotatable bonds is 4. The molecule has 0 spiro atoms. The van der Waals surface area contributed by atoms with Crippen molar-refractivity contribution in [3.63, 3.8) is 0 Å². The SMILES string of the molecule is CCOC(=O)c1ncsc1Nc1cccc(F)c1F. The Hall–Kier alpha value is -2.02. The van der Waals surface area contributed by atoms with Crippen molar-refractivity contribution in [1.29, 1.82) is 0 Å². The van der Waals surface area contributed by atoms with Crippen LogP contribution in [0.3, 0.4) is 0 Å². The van der Waals surface area contributed by atoms with Crippen LogP contribution < -0.4 is 5.32 Å². The number of carbonyl (C=O) groups is 1. The zero-order valence-corrected chi connectivity index (χ0v) is 10.8. The first-order valence-electron chi connectivity index (χ1n) is 5.45. The van der Waals surface area contributed by atoms with Gasteiger partial charge >= 0.3 is 5.97 Å². The second kappa shape index (κ2) is 5.75. The van der Waals surface area contributed by atoms with E-state index in [-0.39, 0.29) is 18.0 Å². The Morgan fingerprint density at radius 2 is 2.26 bits per heavy atom. The molecule has 0 atom stereocenters. The number of thiazole rings is 1. The zero-order chi connectivity index (χ0) is 13.8. The first-order chi connectivity index (χ1) is 9.13. The van der Waals surface area contributed by atoms with Crippen molar-refractivity contribution in [2.45, 2.75) is 6.92 Å². The molecule has 0 radical (unpaired) electrons. The highest BCUT2D eigenvalue weighted by atomic mass is 32.1. The number of anilines is 2.